The van der Waals surface area contributed by atoms with E-state index in [1.54, 1.807) is 6.07 Å². The fraction of sp³-hybridized carbons (Fsp3) is 0.300. The van der Waals surface area contributed by atoms with Gasteiger partial charge in [-0.15, -0.1) is 0 Å². The molecule has 0 N–H and O–H groups in total. The Morgan fingerprint density at radius 3 is 2.57 bits per heavy atom. The number of rotatable bonds is 4. The minimum atomic E-state index is -1.44. The molecule has 3 heterocycles. The van der Waals surface area contributed by atoms with E-state index >= 15 is 0 Å². The van der Waals surface area contributed by atoms with Crippen molar-refractivity contribution in [2.45, 2.75) is 24.0 Å². The van der Waals surface area contributed by atoms with Gasteiger partial charge in [-0.05, 0) is 43.2 Å². The van der Waals surface area contributed by atoms with Crippen molar-refractivity contribution < 1.29 is 13.3 Å². The highest BCUT2D eigenvalue weighted by Crippen LogP contribution is 2.29. The van der Waals surface area contributed by atoms with Crippen LogP contribution in [0.1, 0.15) is 24.6 Å². The third-order valence-corrected chi connectivity index (χ3v) is 5.68. The largest absolute Gasteiger partial charge is 0.381 e. The highest BCUT2D eigenvalue weighted by atomic mass is 32.2. The van der Waals surface area contributed by atoms with Gasteiger partial charge in [-0.2, -0.15) is 5.26 Å². The molecule has 0 bridgehead atoms. The van der Waals surface area contributed by atoms with Crippen LogP contribution in [0.3, 0.4) is 0 Å². The smallest absolute Gasteiger partial charge is 0.334 e. The molecule has 4 rings (SSSR count). The van der Waals surface area contributed by atoms with E-state index in [2.05, 4.69) is 16.0 Å². The van der Waals surface area contributed by atoms with Crippen molar-refractivity contribution in [1.82, 2.24) is 19.1 Å². The zero-order chi connectivity index (χ0) is 21.3. The summed E-state index contributed by atoms with van der Waals surface area (Å²) in [6.45, 7) is 0.983. The highest BCUT2D eigenvalue weighted by Gasteiger charge is 2.29. The summed E-state index contributed by atoms with van der Waals surface area (Å²) in [6.07, 6.45) is 4.07. The van der Waals surface area contributed by atoms with E-state index in [1.807, 2.05) is 0 Å². The lowest BCUT2D eigenvalue weighted by Crippen LogP contribution is -2.31. The van der Waals surface area contributed by atoms with Crippen molar-refractivity contribution in [1.29, 1.82) is 5.26 Å². The Kier molecular flexibility index (Phi) is 5.57. The molecule has 2 aromatic heterocycles. The molecule has 1 aliphatic heterocycles. The second-order valence-electron chi connectivity index (χ2n) is 6.80. The zero-order valence-electron chi connectivity index (χ0n) is 16.1. The first kappa shape index (κ1) is 20.1. The van der Waals surface area contributed by atoms with Crippen LogP contribution in [0.25, 0.3) is 17.1 Å². The highest BCUT2D eigenvalue weighted by molar-refractivity contribution is 7.84. The third-order valence-electron chi connectivity index (χ3n) is 4.97. The zero-order valence-corrected chi connectivity index (χ0v) is 16.9. The maximum Gasteiger partial charge on any atom is 0.334 e. The van der Waals surface area contributed by atoms with E-state index in [9.17, 15) is 18.7 Å². The van der Waals surface area contributed by atoms with Crippen LogP contribution in [-0.2, 0) is 15.5 Å². The summed E-state index contributed by atoms with van der Waals surface area (Å²) >= 11 is 0. The van der Waals surface area contributed by atoms with Crippen LogP contribution in [0.5, 0.6) is 0 Å². The number of halogens is 1. The van der Waals surface area contributed by atoms with E-state index in [4.69, 9.17) is 4.74 Å². The summed E-state index contributed by atoms with van der Waals surface area (Å²) in [5.41, 5.74) is 0.672. The van der Waals surface area contributed by atoms with E-state index in [0.29, 0.717) is 37.4 Å². The molecule has 1 aromatic carbocycles. The van der Waals surface area contributed by atoms with Crippen molar-refractivity contribution in [3.63, 3.8) is 0 Å². The molecule has 0 amide bonds. The van der Waals surface area contributed by atoms with Crippen LogP contribution in [-0.4, -0.2) is 42.8 Å². The predicted molar refractivity (Wildman–Crippen MR) is 107 cm³/mol. The molecule has 0 saturated carbocycles. The van der Waals surface area contributed by atoms with Gasteiger partial charge >= 0.3 is 5.69 Å². The van der Waals surface area contributed by atoms with Gasteiger partial charge in [0, 0.05) is 31.7 Å². The summed E-state index contributed by atoms with van der Waals surface area (Å²) in [4.78, 5) is 21.8. The molecule has 154 valence electrons. The molecular formula is C20H18FN5O3S. The lowest BCUT2D eigenvalue weighted by Gasteiger charge is -2.23. The van der Waals surface area contributed by atoms with Gasteiger partial charge in [-0.3, -0.25) is 13.3 Å². The van der Waals surface area contributed by atoms with Crippen LogP contribution >= 0.6 is 0 Å². The number of nitrogens with zero attached hydrogens (tertiary/aromatic N) is 5. The summed E-state index contributed by atoms with van der Waals surface area (Å²) < 4.78 is 33.6. The number of aromatic nitrogens is 4. The molecular weight excluding hydrogens is 409 g/mol. The minimum absolute atomic E-state index is 0.0910. The monoisotopic (exact) mass is 427 g/mol. The van der Waals surface area contributed by atoms with E-state index in [1.165, 1.54) is 45.9 Å². The Balaban J connectivity index is 2.03. The van der Waals surface area contributed by atoms with Gasteiger partial charge in [-0.25, -0.2) is 19.2 Å². The van der Waals surface area contributed by atoms with Crippen molar-refractivity contribution >= 4 is 10.8 Å². The van der Waals surface area contributed by atoms with Crippen LogP contribution in [0.4, 0.5) is 4.39 Å². The summed E-state index contributed by atoms with van der Waals surface area (Å²) in [7, 11) is -1.44. The maximum atomic E-state index is 13.5. The lowest BCUT2D eigenvalue weighted by atomic mass is 10.1. The summed E-state index contributed by atoms with van der Waals surface area (Å²) in [5.74, 6) is -0.441. The van der Waals surface area contributed by atoms with Crippen LogP contribution in [0, 0.1) is 17.1 Å². The molecule has 8 nitrogen and oxygen atoms in total. The lowest BCUT2D eigenvalue weighted by molar-refractivity contribution is 0.0684. The topological polar surface area (TPSA) is 103 Å². The summed E-state index contributed by atoms with van der Waals surface area (Å²) in [6, 6.07) is 8.92. The van der Waals surface area contributed by atoms with E-state index in [-0.39, 0.29) is 22.6 Å². The minimum Gasteiger partial charge on any atom is -0.381 e. The van der Waals surface area contributed by atoms with Crippen molar-refractivity contribution in [2.24, 2.45) is 0 Å². The molecule has 0 spiro atoms. The molecule has 1 unspecified atom stereocenters. The Morgan fingerprint density at radius 2 is 1.93 bits per heavy atom. The predicted octanol–water partition coefficient (Wildman–Crippen LogP) is 2.20. The second kappa shape index (κ2) is 8.30. The standard InChI is InChI=1S/C20H18FN5O3S/c1-30(28)19-23-9-6-16(24-19)18-17(12-22)25(15-7-10-29-11-8-15)20(27)26(18)14-4-2-13(21)3-5-14/h2-6,9,15H,7-8,10-11H2,1H3. The average Bonchev–Trinajstić information content (AvgIpc) is 3.07. The average molecular weight is 427 g/mol. The maximum absolute atomic E-state index is 13.5. The Bertz CT molecular complexity index is 1210. The van der Waals surface area contributed by atoms with E-state index < -0.39 is 22.3 Å². The van der Waals surface area contributed by atoms with Crippen LogP contribution < -0.4 is 5.69 Å². The van der Waals surface area contributed by atoms with Crippen LogP contribution in [0.15, 0.2) is 46.5 Å². The van der Waals surface area contributed by atoms with Gasteiger partial charge < -0.3 is 4.74 Å². The van der Waals surface area contributed by atoms with Crippen molar-refractivity contribution in [3.05, 3.63) is 58.5 Å². The van der Waals surface area contributed by atoms with Gasteiger partial charge in [0.15, 0.2) is 5.69 Å². The van der Waals surface area contributed by atoms with E-state index in [0.717, 1.165) is 0 Å². The van der Waals surface area contributed by atoms with Gasteiger partial charge in [-0.1, -0.05) is 0 Å². The van der Waals surface area contributed by atoms with Gasteiger partial charge in [0.05, 0.1) is 22.2 Å². The molecule has 3 aromatic rings. The number of hydrogen-bond donors (Lipinski definition) is 0. The normalized spacial score (nSPS) is 15.6. The molecule has 1 atom stereocenters. The summed E-state index contributed by atoms with van der Waals surface area (Å²) in [5, 5.41) is 10.1. The molecule has 1 fully saturated rings. The quantitative estimate of drug-likeness (QED) is 0.592. The Hall–Kier alpha value is -3.16. The third kappa shape index (κ3) is 3.58. The molecule has 1 aliphatic rings. The number of benzene rings is 1. The SMILES string of the molecule is CS(=O)c1nccc(-c2c(C#N)n(C3CCOCC3)c(=O)n2-c2ccc(F)cc2)n1. The molecule has 10 heteroatoms. The Labute approximate surface area is 174 Å². The first-order chi connectivity index (χ1) is 14.5. The van der Waals surface area contributed by atoms with Crippen molar-refractivity contribution in [2.75, 3.05) is 19.5 Å². The molecule has 1 saturated heterocycles. The second-order valence-corrected chi connectivity index (χ2v) is 8.07. The van der Waals surface area contributed by atoms with Crippen LogP contribution in [0.2, 0.25) is 0 Å². The fourth-order valence-corrected chi connectivity index (χ4v) is 4.02. The van der Waals surface area contributed by atoms with Crippen molar-refractivity contribution in [3.8, 4) is 23.1 Å². The number of imidazole rings is 1. The first-order valence-corrected chi connectivity index (χ1v) is 10.8. The van der Waals surface area contributed by atoms with Gasteiger partial charge in [0.2, 0.25) is 5.16 Å². The first-order valence-electron chi connectivity index (χ1n) is 9.29. The number of ether oxygens (including phenoxy) is 1. The number of hydrogen-bond acceptors (Lipinski definition) is 6. The van der Waals surface area contributed by atoms with Gasteiger partial charge in [0.25, 0.3) is 0 Å². The molecule has 30 heavy (non-hydrogen) atoms. The Morgan fingerprint density at radius 1 is 1.23 bits per heavy atom. The fourth-order valence-electron chi connectivity index (χ4n) is 3.58. The molecule has 0 radical (unpaired) electrons. The molecule has 0 aliphatic carbocycles. The number of nitriles is 1. The van der Waals surface area contributed by atoms with Gasteiger partial charge in [0.1, 0.15) is 17.6 Å².